The Morgan fingerprint density at radius 1 is 1.03 bits per heavy atom. The van der Waals surface area contributed by atoms with Crippen LogP contribution in [0.5, 0.6) is 0 Å². The van der Waals surface area contributed by atoms with E-state index in [1.54, 1.807) is 6.07 Å². The van der Waals surface area contributed by atoms with Gasteiger partial charge in [0.25, 0.3) is 0 Å². The van der Waals surface area contributed by atoms with Crippen molar-refractivity contribution in [2.24, 2.45) is 0 Å². The first-order chi connectivity index (χ1) is 16.3. The quantitative estimate of drug-likeness (QED) is 0.544. The molecule has 2 aliphatic heterocycles. The zero-order valence-corrected chi connectivity index (χ0v) is 19.3. The number of alkyl halides is 3. The monoisotopic (exact) mass is 499 g/mol. The third kappa shape index (κ3) is 5.84. The van der Waals surface area contributed by atoms with Gasteiger partial charge < -0.3 is 25.2 Å². The highest BCUT2D eigenvalue weighted by molar-refractivity contribution is 6.30. The van der Waals surface area contributed by atoms with Crippen LogP contribution in [0.2, 0.25) is 5.02 Å². The highest BCUT2D eigenvalue weighted by Crippen LogP contribution is 2.32. The van der Waals surface area contributed by atoms with E-state index in [-0.39, 0.29) is 18.8 Å². The van der Waals surface area contributed by atoms with Gasteiger partial charge in [-0.1, -0.05) is 29.8 Å². The lowest BCUT2D eigenvalue weighted by atomic mass is 10.0. The Kier molecular flexibility index (Phi) is 8.01. The summed E-state index contributed by atoms with van der Waals surface area (Å²) in [4.78, 5) is 4.03. The molecule has 0 aliphatic carbocycles. The minimum atomic E-state index is -4.38. The largest absolute Gasteiger partial charge is 0.416 e. The molecule has 0 aromatic heterocycles. The van der Waals surface area contributed by atoms with Crippen LogP contribution in [-0.2, 0) is 17.5 Å². The van der Waals surface area contributed by atoms with Crippen LogP contribution in [0.3, 0.4) is 0 Å². The van der Waals surface area contributed by atoms with Crippen LogP contribution in [0.4, 0.5) is 18.9 Å². The van der Waals surface area contributed by atoms with Gasteiger partial charge in [0.1, 0.15) is 12.2 Å². The summed E-state index contributed by atoms with van der Waals surface area (Å²) in [7, 11) is 0. The van der Waals surface area contributed by atoms with E-state index in [0.29, 0.717) is 50.0 Å². The molecule has 4 atom stereocenters. The molecule has 0 spiro atoms. The van der Waals surface area contributed by atoms with Gasteiger partial charge in [-0.05, 0) is 35.9 Å². The van der Waals surface area contributed by atoms with E-state index in [4.69, 9.17) is 16.3 Å². The first-order valence-electron chi connectivity index (χ1n) is 11.3. The second kappa shape index (κ2) is 10.8. The third-order valence-electron chi connectivity index (χ3n) is 6.48. The van der Waals surface area contributed by atoms with Crippen LogP contribution in [0.25, 0.3) is 0 Å². The van der Waals surface area contributed by atoms with Gasteiger partial charge in [0.05, 0.1) is 24.3 Å². The fraction of sp³-hybridized carbons (Fsp3) is 0.500. The fourth-order valence-electron chi connectivity index (χ4n) is 4.76. The Labute approximate surface area is 201 Å². The fourth-order valence-corrected chi connectivity index (χ4v) is 4.97. The van der Waals surface area contributed by atoms with Crippen LogP contribution in [-0.4, -0.2) is 78.8 Å². The molecule has 2 aliphatic rings. The van der Waals surface area contributed by atoms with Gasteiger partial charge in [-0.3, -0.25) is 4.90 Å². The topological polar surface area (TPSA) is 68.2 Å². The predicted molar refractivity (Wildman–Crippen MR) is 124 cm³/mol. The standard InChI is InChI=1S/C24H29ClF3N3O3/c25-18-5-1-3-16(11-18)13-29-14-20-22(23(33)21(15-32)34-20)31-9-7-30(8-10-31)19-6-2-4-17(12-19)24(26,27)28/h1-6,11-12,20-23,29,32-33H,7-10,13-15H2. The Balaban J connectivity index is 1.37. The van der Waals surface area contributed by atoms with Gasteiger partial charge in [-0.25, -0.2) is 0 Å². The predicted octanol–water partition coefficient (Wildman–Crippen LogP) is 2.76. The first kappa shape index (κ1) is 25.2. The molecule has 4 unspecified atom stereocenters. The molecule has 4 rings (SSSR count). The van der Waals surface area contributed by atoms with Crippen molar-refractivity contribution >= 4 is 17.3 Å². The molecule has 10 heteroatoms. The van der Waals surface area contributed by atoms with Gasteiger partial charge >= 0.3 is 6.18 Å². The van der Waals surface area contributed by atoms with E-state index in [1.807, 2.05) is 29.2 Å². The smallest absolute Gasteiger partial charge is 0.394 e. The number of rotatable bonds is 7. The maximum absolute atomic E-state index is 13.1. The number of aliphatic hydroxyl groups is 2. The molecule has 0 saturated carbocycles. The molecule has 6 nitrogen and oxygen atoms in total. The van der Waals surface area contributed by atoms with E-state index < -0.39 is 23.9 Å². The van der Waals surface area contributed by atoms with Gasteiger partial charge in [0.2, 0.25) is 0 Å². The van der Waals surface area contributed by atoms with Crippen molar-refractivity contribution in [1.82, 2.24) is 10.2 Å². The van der Waals surface area contributed by atoms with Gasteiger partial charge in [0.15, 0.2) is 0 Å². The Morgan fingerprint density at radius 2 is 1.76 bits per heavy atom. The summed E-state index contributed by atoms with van der Waals surface area (Å²) in [6.07, 6.45) is -6.26. The second-order valence-electron chi connectivity index (χ2n) is 8.71. The normalized spacial score (nSPS) is 26.2. The van der Waals surface area contributed by atoms with Crippen molar-refractivity contribution in [2.45, 2.75) is 37.1 Å². The zero-order valence-electron chi connectivity index (χ0n) is 18.6. The number of halogens is 4. The molecule has 2 fully saturated rings. The molecule has 34 heavy (non-hydrogen) atoms. The summed E-state index contributed by atoms with van der Waals surface area (Å²) in [5.41, 5.74) is 0.894. The third-order valence-corrected chi connectivity index (χ3v) is 6.71. The molecule has 186 valence electrons. The average molecular weight is 500 g/mol. The lowest BCUT2D eigenvalue weighted by molar-refractivity contribution is -0.137. The average Bonchev–Trinajstić information content (AvgIpc) is 3.14. The van der Waals surface area contributed by atoms with Crippen molar-refractivity contribution in [2.75, 3.05) is 44.2 Å². The molecule has 2 aromatic carbocycles. The summed E-state index contributed by atoms with van der Waals surface area (Å²) in [6, 6.07) is 12.5. The molecule has 2 heterocycles. The number of piperazine rings is 1. The highest BCUT2D eigenvalue weighted by Gasteiger charge is 2.46. The number of hydrogen-bond donors (Lipinski definition) is 3. The summed E-state index contributed by atoms with van der Waals surface area (Å²) < 4.78 is 45.2. The summed E-state index contributed by atoms with van der Waals surface area (Å²) in [5, 5.41) is 24.5. The second-order valence-corrected chi connectivity index (χ2v) is 9.15. The van der Waals surface area contributed by atoms with Crippen LogP contribution in [0.15, 0.2) is 48.5 Å². The van der Waals surface area contributed by atoms with Crippen LogP contribution in [0.1, 0.15) is 11.1 Å². The van der Waals surface area contributed by atoms with Gasteiger partial charge in [-0.2, -0.15) is 13.2 Å². The van der Waals surface area contributed by atoms with Crippen molar-refractivity contribution in [1.29, 1.82) is 0 Å². The molecule has 2 saturated heterocycles. The number of ether oxygens (including phenoxy) is 1. The zero-order chi connectivity index (χ0) is 24.3. The summed E-state index contributed by atoms with van der Waals surface area (Å²) >= 11 is 6.04. The van der Waals surface area contributed by atoms with E-state index in [2.05, 4.69) is 10.2 Å². The van der Waals surface area contributed by atoms with Crippen LogP contribution >= 0.6 is 11.6 Å². The van der Waals surface area contributed by atoms with Gasteiger partial charge in [0, 0.05) is 50.0 Å². The Bertz CT molecular complexity index is 956. The number of benzene rings is 2. The van der Waals surface area contributed by atoms with E-state index in [9.17, 15) is 23.4 Å². The number of anilines is 1. The van der Waals surface area contributed by atoms with Crippen molar-refractivity contribution in [3.63, 3.8) is 0 Å². The first-order valence-corrected chi connectivity index (χ1v) is 11.7. The van der Waals surface area contributed by atoms with Crippen molar-refractivity contribution < 1.29 is 28.1 Å². The van der Waals surface area contributed by atoms with Crippen LogP contribution in [0, 0.1) is 0 Å². The van der Waals surface area contributed by atoms with Crippen molar-refractivity contribution in [3.8, 4) is 0 Å². The van der Waals surface area contributed by atoms with Crippen molar-refractivity contribution in [3.05, 3.63) is 64.7 Å². The van der Waals surface area contributed by atoms with Gasteiger partial charge in [-0.15, -0.1) is 0 Å². The molecular formula is C24H29ClF3N3O3. The van der Waals surface area contributed by atoms with Crippen LogP contribution < -0.4 is 10.2 Å². The SMILES string of the molecule is OCC1OC(CNCc2cccc(Cl)c2)C(N2CCN(c3cccc(C(F)(F)F)c3)CC2)C1O. The minimum absolute atomic E-state index is 0.285. The summed E-state index contributed by atoms with van der Waals surface area (Å²) in [6.45, 7) is 2.93. The molecule has 3 N–H and O–H groups in total. The lowest BCUT2D eigenvalue weighted by Gasteiger charge is -2.41. The molecule has 2 aromatic rings. The minimum Gasteiger partial charge on any atom is -0.394 e. The number of aliphatic hydroxyl groups excluding tert-OH is 2. The van der Waals surface area contributed by atoms with E-state index in [0.717, 1.165) is 11.6 Å². The van der Waals surface area contributed by atoms with E-state index in [1.165, 1.54) is 12.1 Å². The maximum atomic E-state index is 13.1. The molecular weight excluding hydrogens is 471 g/mol. The molecule has 0 amide bonds. The highest BCUT2D eigenvalue weighted by atomic mass is 35.5. The number of nitrogens with one attached hydrogen (secondary N) is 1. The molecule has 0 bridgehead atoms. The summed E-state index contributed by atoms with van der Waals surface area (Å²) in [5.74, 6) is 0. The lowest BCUT2D eigenvalue weighted by Crippen LogP contribution is -2.57. The molecule has 0 radical (unpaired) electrons. The van der Waals surface area contributed by atoms with E-state index >= 15 is 0 Å². The number of nitrogens with zero attached hydrogens (tertiary/aromatic N) is 2. The Morgan fingerprint density at radius 3 is 2.44 bits per heavy atom. The maximum Gasteiger partial charge on any atom is 0.416 e. The number of hydrogen-bond acceptors (Lipinski definition) is 6. The Hall–Kier alpha value is -1.88.